The number of hydrogen-bond acceptors (Lipinski definition) is 4. The molecule has 1 aromatic heterocycles. The molecule has 0 radical (unpaired) electrons. The van der Waals surface area contributed by atoms with Gasteiger partial charge in [0.15, 0.2) is 0 Å². The van der Waals surface area contributed by atoms with Crippen LogP contribution in [-0.4, -0.2) is 4.98 Å². The van der Waals surface area contributed by atoms with E-state index in [1.54, 1.807) is 11.3 Å². The molecule has 4 heteroatoms. The molecule has 0 aliphatic heterocycles. The highest BCUT2D eigenvalue weighted by atomic mass is 32.1. The average Bonchev–Trinajstić information content (AvgIpc) is 2.89. The summed E-state index contributed by atoms with van der Waals surface area (Å²) in [6.07, 6.45) is 1.96. The molecule has 0 aliphatic rings. The van der Waals surface area contributed by atoms with Gasteiger partial charge >= 0.3 is 0 Å². The summed E-state index contributed by atoms with van der Waals surface area (Å²) in [5.74, 6) is 0.887. The van der Waals surface area contributed by atoms with Gasteiger partial charge in [-0.25, -0.2) is 4.98 Å². The lowest BCUT2D eigenvalue weighted by Crippen LogP contribution is -2.05. The summed E-state index contributed by atoms with van der Waals surface area (Å²) in [5, 5.41) is 0.994. The summed E-state index contributed by atoms with van der Waals surface area (Å²) < 4.78 is 5.79. The van der Waals surface area contributed by atoms with Gasteiger partial charge in [0.25, 0.3) is 0 Å². The number of benzene rings is 1. The van der Waals surface area contributed by atoms with E-state index in [1.165, 1.54) is 10.4 Å². The fraction of sp³-hybridized carbons (Fsp3) is 0.438. The second-order valence-electron chi connectivity index (χ2n) is 4.85. The highest BCUT2D eigenvalue weighted by molar-refractivity contribution is 7.11. The van der Waals surface area contributed by atoms with Crippen LogP contribution in [0.15, 0.2) is 24.3 Å². The molecular weight excluding hydrogens is 268 g/mol. The van der Waals surface area contributed by atoms with Crippen molar-refractivity contribution in [1.82, 2.24) is 4.98 Å². The minimum Gasteiger partial charge on any atom is -0.486 e. The largest absolute Gasteiger partial charge is 0.486 e. The third-order valence-electron chi connectivity index (χ3n) is 3.21. The van der Waals surface area contributed by atoms with E-state index in [4.69, 9.17) is 10.5 Å². The molecule has 0 saturated heterocycles. The third kappa shape index (κ3) is 3.58. The van der Waals surface area contributed by atoms with E-state index >= 15 is 0 Å². The highest BCUT2D eigenvalue weighted by Crippen LogP contribution is 2.25. The number of nitrogens with two attached hydrogens (primary N) is 1. The Morgan fingerprint density at radius 1 is 1.20 bits per heavy atom. The quantitative estimate of drug-likeness (QED) is 0.878. The summed E-state index contributed by atoms with van der Waals surface area (Å²) in [4.78, 5) is 5.79. The first kappa shape index (κ1) is 15.0. The van der Waals surface area contributed by atoms with E-state index in [-0.39, 0.29) is 6.04 Å². The molecule has 1 atom stereocenters. The summed E-state index contributed by atoms with van der Waals surface area (Å²) >= 11 is 1.66. The maximum absolute atomic E-state index is 5.97. The zero-order valence-corrected chi connectivity index (χ0v) is 13.2. The maximum Gasteiger partial charge on any atom is 0.140 e. The normalized spacial score (nSPS) is 12.4. The van der Waals surface area contributed by atoms with Crippen LogP contribution in [0.2, 0.25) is 0 Å². The van der Waals surface area contributed by atoms with Crippen molar-refractivity contribution in [3.05, 3.63) is 45.4 Å². The smallest absolute Gasteiger partial charge is 0.140 e. The topological polar surface area (TPSA) is 48.1 Å². The van der Waals surface area contributed by atoms with Gasteiger partial charge in [-0.3, -0.25) is 0 Å². The van der Waals surface area contributed by atoms with E-state index in [1.807, 2.05) is 19.1 Å². The van der Waals surface area contributed by atoms with Gasteiger partial charge in [-0.15, -0.1) is 11.3 Å². The zero-order chi connectivity index (χ0) is 14.5. The Bertz CT molecular complexity index is 546. The van der Waals surface area contributed by atoms with Crippen LogP contribution in [0.25, 0.3) is 0 Å². The molecule has 0 fully saturated rings. The lowest BCUT2D eigenvalue weighted by Gasteiger charge is -2.04. The van der Waals surface area contributed by atoms with Crippen molar-refractivity contribution in [2.24, 2.45) is 5.73 Å². The van der Waals surface area contributed by atoms with Crippen LogP contribution in [0.1, 0.15) is 48.0 Å². The zero-order valence-electron chi connectivity index (χ0n) is 12.3. The SMILES string of the molecule is CCc1ccc(OCc2nc(CC)c(C(C)N)s2)cc1. The van der Waals surface area contributed by atoms with Crippen molar-refractivity contribution < 1.29 is 4.74 Å². The Hall–Kier alpha value is -1.39. The molecule has 1 heterocycles. The predicted molar refractivity (Wildman–Crippen MR) is 84.2 cm³/mol. The van der Waals surface area contributed by atoms with Crippen LogP contribution >= 0.6 is 11.3 Å². The summed E-state index contributed by atoms with van der Waals surface area (Å²) in [7, 11) is 0. The van der Waals surface area contributed by atoms with Crippen LogP contribution in [0, 0.1) is 0 Å². The summed E-state index contributed by atoms with van der Waals surface area (Å²) in [6, 6.07) is 8.27. The standard InChI is InChI=1S/C16H22N2OS/c1-4-12-6-8-13(9-7-12)19-10-15-18-14(5-2)16(20-15)11(3)17/h6-9,11H,4-5,10,17H2,1-3H3. The van der Waals surface area contributed by atoms with E-state index in [0.717, 1.165) is 29.3 Å². The molecule has 0 spiro atoms. The van der Waals surface area contributed by atoms with Crippen LogP contribution < -0.4 is 10.5 Å². The van der Waals surface area contributed by atoms with Crippen LogP contribution in [0.3, 0.4) is 0 Å². The molecule has 2 aromatic rings. The van der Waals surface area contributed by atoms with Crippen molar-refractivity contribution in [3.8, 4) is 5.75 Å². The lowest BCUT2D eigenvalue weighted by atomic mass is 10.2. The summed E-state index contributed by atoms with van der Waals surface area (Å²) in [6.45, 7) is 6.76. The number of ether oxygens (including phenoxy) is 1. The van der Waals surface area contributed by atoms with Crippen LogP contribution in [-0.2, 0) is 19.4 Å². The van der Waals surface area contributed by atoms with Crippen molar-refractivity contribution in [3.63, 3.8) is 0 Å². The van der Waals surface area contributed by atoms with Gasteiger partial charge in [-0.05, 0) is 37.5 Å². The number of aryl methyl sites for hydroxylation is 2. The van der Waals surface area contributed by atoms with Crippen LogP contribution in [0.4, 0.5) is 0 Å². The second-order valence-corrected chi connectivity index (χ2v) is 5.96. The monoisotopic (exact) mass is 290 g/mol. The molecule has 2 rings (SSSR count). The molecule has 3 nitrogen and oxygen atoms in total. The Balaban J connectivity index is 2.02. The maximum atomic E-state index is 5.97. The fourth-order valence-corrected chi connectivity index (χ4v) is 3.07. The molecule has 0 aliphatic carbocycles. The molecule has 1 aromatic carbocycles. The lowest BCUT2D eigenvalue weighted by molar-refractivity contribution is 0.305. The molecule has 2 N–H and O–H groups in total. The second kappa shape index (κ2) is 6.86. The molecule has 0 amide bonds. The van der Waals surface area contributed by atoms with Crippen molar-refractivity contribution >= 4 is 11.3 Å². The molecular formula is C16H22N2OS. The van der Waals surface area contributed by atoms with Crippen LogP contribution in [0.5, 0.6) is 5.75 Å². The number of rotatable bonds is 6. The Morgan fingerprint density at radius 3 is 2.40 bits per heavy atom. The van der Waals surface area contributed by atoms with Gasteiger partial charge in [-0.1, -0.05) is 26.0 Å². The minimum atomic E-state index is 0.0417. The molecule has 0 saturated carbocycles. The Labute approximate surface area is 124 Å². The molecule has 1 unspecified atom stereocenters. The third-order valence-corrected chi connectivity index (χ3v) is 4.49. The molecule has 108 valence electrons. The van der Waals surface area contributed by atoms with E-state index in [0.29, 0.717) is 6.61 Å². The number of nitrogens with zero attached hydrogens (tertiary/aromatic N) is 1. The van der Waals surface area contributed by atoms with Gasteiger partial charge in [0, 0.05) is 10.9 Å². The highest BCUT2D eigenvalue weighted by Gasteiger charge is 2.13. The molecule has 0 bridgehead atoms. The van der Waals surface area contributed by atoms with Gasteiger partial charge in [0.2, 0.25) is 0 Å². The fourth-order valence-electron chi connectivity index (χ4n) is 2.05. The van der Waals surface area contributed by atoms with Crippen molar-refractivity contribution in [2.75, 3.05) is 0 Å². The van der Waals surface area contributed by atoms with E-state index in [2.05, 4.69) is 31.0 Å². The van der Waals surface area contributed by atoms with E-state index < -0.39 is 0 Å². The molecule has 20 heavy (non-hydrogen) atoms. The first-order valence-corrected chi connectivity index (χ1v) is 7.91. The summed E-state index contributed by atoms with van der Waals surface area (Å²) in [5.41, 5.74) is 8.39. The number of aromatic nitrogens is 1. The van der Waals surface area contributed by atoms with Gasteiger partial charge in [-0.2, -0.15) is 0 Å². The Kier molecular flexibility index (Phi) is 5.15. The van der Waals surface area contributed by atoms with E-state index in [9.17, 15) is 0 Å². The first-order valence-electron chi connectivity index (χ1n) is 7.09. The predicted octanol–water partition coefficient (Wildman–Crippen LogP) is 3.87. The number of thiazole rings is 1. The first-order chi connectivity index (χ1) is 9.63. The number of hydrogen-bond donors (Lipinski definition) is 1. The van der Waals surface area contributed by atoms with Gasteiger partial charge < -0.3 is 10.5 Å². The van der Waals surface area contributed by atoms with Gasteiger partial charge in [0.1, 0.15) is 17.4 Å². The van der Waals surface area contributed by atoms with Crippen molar-refractivity contribution in [1.29, 1.82) is 0 Å². The average molecular weight is 290 g/mol. The van der Waals surface area contributed by atoms with Gasteiger partial charge in [0.05, 0.1) is 5.69 Å². The van der Waals surface area contributed by atoms with Crippen molar-refractivity contribution in [2.45, 2.75) is 46.3 Å². The Morgan fingerprint density at radius 2 is 1.90 bits per heavy atom. The minimum absolute atomic E-state index is 0.0417.